The Morgan fingerprint density at radius 3 is 2.26 bits per heavy atom. The SMILES string of the molecule is CNCC1(CCCCOC)CCC(C(C)(C)C)CC1. The second-order valence-corrected chi connectivity index (χ2v) is 7.62. The maximum absolute atomic E-state index is 5.17. The van der Waals surface area contributed by atoms with Gasteiger partial charge in [-0.2, -0.15) is 0 Å². The molecule has 1 N–H and O–H groups in total. The van der Waals surface area contributed by atoms with Crippen LogP contribution in [0.4, 0.5) is 0 Å². The molecule has 0 bridgehead atoms. The van der Waals surface area contributed by atoms with Crippen LogP contribution in [0.15, 0.2) is 0 Å². The smallest absolute Gasteiger partial charge is 0.0462 e. The van der Waals surface area contributed by atoms with Crippen molar-refractivity contribution in [2.45, 2.75) is 65.7 Å². The summed E-state index contributed by atoms with van der Waals surface area (Å²) in [6.07, 6.45) is 9.53. The number of hydrogen-bond acceptors (Lipinski definition) is 2. The summed E-state index contributed by atoms with van der Waals surface area (Å²) in [6, 6.07) is 0. The first-order valence-corrected chi connectivity index (χ1v) is 8.07. The summed E-state index contributed by atoms with van der Waals surface area (Å²) < 4.78 is 5.17. The largest absolute Gasteiger partial charge is 0.385 e. The monoisotopic (exact) mass is 269 g/mol. The molecule has 2 nitrogen and oxygen atoms in total. The van der Waals surface area contributed by atoms with E-state index in [9.17, 15) is 0 Å². The normalized spacial score (nSPS) is 28.6. The van der Waals surface area contributed by atoms with E-state index < -0.39 is 0 Å². The van der Waals surface area contributed by atoms with E-state index in [4.69, 9.17) is 4.74 Å². The van der Waals surface area contributed by atoms with Crippen LogP contribution in [-0.4, -0.2) is 27.3 Å². The highest BCUT2D eigenvalue weighted by Gasteiger charge is 2.37. The topological polar surface area (TPSA) is 21.3 Å². The van der Waals surface area contributed by atoms with E-state index in [2.05, 4.69) is 33.1 Å². The maximum Gasteiger partial charge on any atom is 0.0462 e. The zero-order valence-electron chi connectivity index (χ0n) is 13.8. The summed E-state index contributed by atoms with van der Waals surface area (Å²) in [7, 11) is 3.91. The lowest BCUT2D eigenvalue weighted by atomic mass is 9.62. The lowest BCUT2D eigenvalue weighted by molar-refractivity contribution is 0.0768. The molecule has 2 heteroatoms. The molecule has 0 heterocycles. The lowest BCUT2D eigenvalue weighted by Crippen LogP contribution is -2.38. The van der Waals surface area contributed by atoms with Gasteiger partial charge in [-0.3, -0.25) is 0 Å². The molecule has 1 aliphatic carbocycles. The maximum atomic E-state index is 5.17. The van der Waals surface area contributed by atoms with Crippen LogP contribution < -0.4 is 5.32 Å². The molecule has 0 radical (unpaired) electrons. The summed E-state index contributed by atoms with van der Waals surface area (Å²) in [4.78, 5) is 0. The van der Waals surface area contributed by atoms with Gasteiger partial charge in [0.05, 0.1) is 0 Å². The molecule has 1 saturated carbocycles. The van der Waals surface area contributed by atoms with Crippen molar-refractivity contribution in [1.29, 1.82) is 0 Å². The molecule has 19 heavy (non-hydrogen) atoms. The Kier molecular flexibility index (Phi) is 6.82. The van der Waals surface area contributed by atoms with Gasteiger partial charge in [0, 0.05) is 20.3 Å². The molecular formula is C17H35NO. The van der Waals surface area contributed by atoms with Gasteiger partial charge in [-0.15, -0.1) is 0 Å². The minimum absolute atomic E-state index is 0.488. The van der Waals surface area contributed by atoms with E-state index in [1.165, 1.54) is 51.5 Å². The summed E-state index contributed by atoms with van der Waals surface area (Å²) in [5.41, 5.74) is 1.05. The van der Waals surface area contributed by atoms with Crippen LogP contribution in [0.25, 0.3) is 0 Å². The van der Waals surface area contributed by atoms with E-state index in [0.717, 1.165) is 12.5 Å². The molecule has 0 unspecified atom stereocenters. The first-order valence-electron chi connectivity index (χ1n) is 8.07. The van der Waals surface area contributed by atoms with Gasteiger partial charge in [0.15, 0.2) is 0 Å². The standard InChI is InChI=1S/C17H35NO/c1-16(2,3)15-8-11-17(12-9-15,14-18-4)10-6-7-13-19-5/h15,18H,6-14H2,1-5H3. The number of hydrogen-bond donors (Lipinski definition) is 1. The van der Waals surface area contributed by atoms with Crippen molar-refractivity contribution >= 4 is 0 Å². The van der Waals surface area contributed by atoms with Crippen molar-refractivity contribution in [3.05, 3.63) is 0 Å². The van der Waals surface area contributed by atoms with Gasteiger partial charge in [0.2, 0.25) is 0 Å². The minimum atomic E-state index is 0.488. The molecule has 114 valence electrons. The molecule has 0 amide bonds. The van der Waals surface area contributed by atoms with E-state index >= 15 is 0 Å². The van der Waals surface area contributed by atoms with Gasteiger partial charge < -0.3 is 10.1 Å². The molecule has 0 aromatic heterocycles. The number of methoxy groups -OCH3 is 1. The van der Waals surface area contributed by atoms with Gasteiger partial charge in [-0.05, 0) is 62.3 Å². The lowest BCUT2D eigenvalue weighted by Gasteiger charge is -2.44. The average Bonchev–Trinajstić information content (AvgIpc) is 2.35. The molecule has 1 fully saturated rings. The first kappa shape index (κ1) is 17.0. The third kappa shape index (κ3) is 5.43. The Morgan fingerprint density at radius 2 is 1.79 bits per heavy atom. The molecule has 0 aromatic carbocycles. The van der Waals surface area contributed by atoms with E-state index in [0.29, 0.717) is 10.8 Å². The fourth-order valence-electron chi connectivity index (χ4n) is 3.73. The van der Waals surface area contributed by atoms with Crippen molar-refractivity contribution in [1.82, 2.24) is 5.32 Å². The summed E-state index contributed by atoms with van der Waals surface area (Å²) in [6.45, 7) is 9.32. The Morgan fingerprint density at radius 1 is 1.16 bits per heavy atom. The van der Waals surface area contributed by atoms with Crippen molar-refractivity contribution < 1.29 is 4.74 Å². The van der Waals surface area contributed by atoms with Gasteiger partial charge >= 0.3 is 0 Å². The highest BCUT2D eigenvalue weighted by Crippen LogP contribution is 2.47. The zero-order chi connectivity index (χ0) is 14.4. The predicted octanol–water partition coefficient (Wildman–Crippen LogP) is 4.25. The van der Waals surface area contributed by atoms with Crippen molar-refractivity contribution in [3.8, 4) is 0 Å². The van der Waals surface area contributed by atoms with Gasteiger partial charge in [0.25, 0.3) is 0 Å². The van der Waals surface area contributed by atoms with Crippen molar-refractivity contribution in [3.63, 3.8) is 0 Å². The fraction of sp³-hybridized carbons (Fsp3) is 1.00. The molecular weight excluding hydrogens is 234 g/mol. The van der Waals surface area contributed by atoms with Crippen LogP contribution in [0, 0.1) is 16.7 Å². The van der Waals surface area contributed by atoms with E-state index in [-0.39, 0.29) is 0 Å². The van der Waals surface area contributed by atoms with Crippen LogP contribution in [0.3, 0.4) is 0 Å². The first-order chi connectivity index (χ1) is 8.93. The second-order valence-electron chi connectivity index (χ2n) is 7.62. The minimum Gasteiger partial charge on any atom is -0.385 e. The third-order valence-electron chi connectivity index (χ3n) is 5.13. The molecule has 0 spiro atoms. The predicted molar refractivity (Wildman–Crippen MR) is 83.5 cm³/mol. The summed E-state index contributed by atoms with van der Waals surface area (Å²) in [5.74, 6) is 0.913. The quantitative estimate of drug-likeness (QED) is 0.698. The number of unbranched alkanes of at least 4 members (excludes halogenated alkanes) is 1. The summed E-state index contributed by atoms with van der Waals surface area (Å²) in [5, 5.41) is 3.44. The number of ether oxygens (including phenoxy) is 1. The fourth-order valence-corrected chi connectivity index (χ4v) is 3.73. The van der Waals surface area contributed by atoms with Crippen molar-refractivity contribution in [2.75, 3.05) is 27.3 Å². The van der Waals surface area contributed by atoms with Crippen LogP contribution in [-0.2, 0) is 4.74 Å². The van der Waals surface area contributed by atoms with Crippen LogP contribution in [0.5, 0.6) is 0 Å². The molecule has 1 rings (SSSR count). The van der Waals surface area contributed by atoms with Crippen LogP contribution in [0.2, 0.25) is 0 Å². The molecule has 0 atom stereocenters. The zero-order valence-corrected chi connectivity index (χ0v) is 13.8. The Hall–Kier alpha value is -0.0800. The number of rotatable bonds is 7. The van der Waals surface area contributed by atoms with Crippen molar-refractivity contribution in [2.24, 2.45) is 16.7 Å². The van der Waals surface area contributed by atoms with Crippen LogP contribution in [0.1, 0.15) is 65.7 Å². The highest BCUT2D eigenvalue weighted by atomic mass is 16.5. The Balaban J connectivity index is 2.46. The van der Waals surface area contributed by atoms with Gasteiger partial charge in [-0.25, -0.2) is 0 Å². The molecule has 1 aliphatic rings. The molecule has 0 aromatic rings. The van der Waals surface area contributed by atoms with Gasteiger partial charge in [-0.1, -0.05) is 27.2 Å². The van der Waals surface area contributed by atoms with E-state index in [1.54, 1.807) is 7.11 Å². The van der Waals surface area contributed by atoms with E-state index in [1.807, 2.05) is 0 Å². The highest BCUT2D eigenvalue weighted by molar-refractivity contribution is 4.90. The Bertz CT molecular complexity index is 236. The molecule has 0 aliphatic heterocycles. The third-order valence-corrected chi connectivity index (χ3v) is 5.13. The van der Waals surface area contributed by atoms with Gasteiger partial charge in [0.1, 0.15) is 0 Å². The summed E-state index contributed by atoms with van der Waals surface area (Å²) >= 11 is 0. The Labute approximate surface area is 120 Å². The second kappa shape index (κ2) is 7.64. The van der Waals surface area contributed by atoms with Crippen LogP contribution >= 0.6 is 0 Å². The average molecular weight is 269 g/mol. The number of nitrogens with one attached hydrogen (secondary N) is 1. The molecule has 0 saturated heterocycles.